The fourth-order valence-corrected chi connectivity index (χ4v) is 2.65. The Bertz CT molecular complexity index is 575. The van der Waals surface area contributed by atoms with Crippen LogP contribution in [0.15, 0.2) is 40.0 Å². The number of carbonyl (C=O) groups is 1. The minimum absolute atomic E-state index is 0.258. The maximum Gasteiger partial charge on any atom is 0.409 e. The molecule has 1 aromatic heterocycles. The van der Waals surface area contributed by atoms with Crippen molar-refractivity contribution in [2.24, 2.45) is 4.99 Å². The molecule has 7 nitrogen and oxygen atoms in total. The van der Waals surface area contributed by atoms with Crippen LogP contribution >= 0.6 is 0 Å². The van der Waals surface area contributed by atoms with E-state index in [0.717, 1.165) is 43.1 Å². The van der Waals surface area contributed by atoms with Crippen molar-refractivity contribution in [3.63, 3.8) is 0 Å². The third-order valence-corrected chi connectivity index (χ3v) is 4.02. The van der Waals surface area contributed by atoms with E-state index in [1.165, 1.54) is 7.11 Å². The molecule has 0 spiro atoms. The average molecular weight is 348 g/mol. The molecule has 0 aliphatic carbocycles. The van der Waals surface area contributed by atoms with Crippen LogP contribution in [0.1, 0.15) is 25.5 Å². The van der Waals surface area contributed by atoms with E-state index in [1.54, 1.807) is 11.2 Å². The highest BCUT2D eigenvalue weighted by molar-refractivity contribution is 5.80. The summed E-state index contributed by atoms with van der Waals surface area (Å²) in [6.07, 6.45) is 3.94. The van der Waals surface area contributed by atoms with Crippen molar-refractivity contribution in [1.82, 2.24) is 15.5 Å². The monoisotopic (exact) mass is 348 g/mol. The number of rotatable bonds is 6. The minimum atomic E-state index is -0.258. The van der Waals surface area contributed by atoms with Gasteiger partial charge in [0.25, 0.3) is 0 Å². The van der Waals surface area contributed by atoms with E-state index in [4.69, 9.17) is 9.15 Å². The highest BCUT2D eigenvalue weighted by Crippen LogP contribution is 2.11. The second-order valence-corrected chi connectivity index (χ2v) is 6.25. The molecule has 7 heteroatoms. The summed E-state index contributed by atoms with van der Waals surface area (Å²) in [6, 6.07) is 4.13. The summed E-state index contributed by atoms with van der Waals surface area (Å²) < 4.78 is 10.1. The van der Waals surface area contributed by atoms with Gasteiger partial charge in [0.15, 0.2) is 5.96 Å². The molecular weight excluding hydrogens is 320 g/mol. The van der Waals surface area contributed by atoms with Crippen molar-refractivity contribution in [3.05, 3.63) is 36.3 Å². The fraction of sp³-hybridized carbons (Fsp3) is 0.556. The van der Waals surface area contributed by atoms with Gasteiger partial charge in [-0.25, -0.2) is 9.79 Å². The van der Waals surface area contributed by atoms with E-state index in [1.807, 2.05) is 19.1 Å². The van der Waals surface area contributed by atoms with Gasteiger partial charge >= 0.3 is 6.09 Å². The summed E-state index contributed by atoms with van der Waals surface area (Å²) in [5, 5.41) is 6.80. The van der Waals surface area contributed by atoms with Gasteiger partial charge in [-0.3, -0.25) is 0 Å². The average Bonchev–Trinajstić information content (AvgIpc) is 3.12. The minimum Gasteiger partial charge on any atom is -0.469 e. The number of amides is 1. The number of guanidine groups is 1. The molecule has 1 aromatic rings. The van der Waals surface area contributed by atoms with Crippen molar-refractivity contribution in [3.8, 4) is 0 Å². The first-order valence-electron chi connectivity index (χ1n) is 8.63. The van der Waals surface area contributed by atoms with Crippen LogP contribution < -0.4 is 10.6 Å². The zero-order valence-corrected chi connectivity index (χ0v) is 15.1. The molecule has 0 radical (unpaired) electrons. The third kappa shape index (κ3) is 6.52. The zero-order valence-electron chi connectivity index (χ0n) is 15.1. The van der Waals surface area contributed by atoms with Gasteiger partial charge in [0, 0.05) is 32.1 Å². The molecule has 2 rings (SSSR count). The Balaban J connectivity index is 1.82. The van der Waals surface area contributed by atoms with Crippen LogP contribution in [-0.4, -0.2) is 56.3 Å². The van der Waals surface area contributed by atoms with E-state index < -0.39 is 0 Å². The lowest BCUT2D eigenvalue weighted by Crippen LogP contribution is -2.50. The summed E-state index contributed by atoms with van der Waals surface area (Å²) in [5.74, 6) is 1.71. The van der Waals surface area contributed by atoms with E-state index in [0.29, 0.717) is 19.6 Å². The summed E-state index contributed by atoms with van der Waals surface area (Å²) >= 11 is 0. The van der Waals surface area contributed by atoms with E-state index in [2.05, 4.69) is 22.2 Å². The molecule has 0 unspecified atom stereocenters. The predicted octanol–water partition coefficient (Wildman–Crippen LogP) is 2.16. The second kappa shape index (κ2) is 9.76. The lowest BCUT2D eigenvalue weighted by molar-refractivity contribution is 0.111. The van der Waals surface area contributed by atoms with Crippen LogP contribution in [0.5, 0.6) is 0 Å². The maximum atomic E-state index is 11.6. The Morgan fingerprint density at radius 1 is 1.48 bits per heavy atom. The maximum absolute atomic E-state index is 11.6. The van der Waals surface area contributed by atoms with Crippen molar-refractivity contribution in [1.29, 1.82) is 0 Å². The van der Waals surface area contributed by atoms with Crippen LogP contribution in [0.25, 0.3) is 0 Å². The largest absolute Gasteiger partial charge is 0.469 e. The number of nitrogens with one attached hydrogen (secondary N) is 2. The number of furan rings is 1. The third-order valence-electron chi connectivity index (χ3n) is 4.02. The first-order valence-corrected chi connectivity index (χ1v) is 8.63. The Morgan fingerprint density at radius 3 is 2.84 bits per heavy atom. The lowest BCUT2D eigenvalue weighted by atomic mass is 10.1. The quantitative estimate of drug-likeness (QED) is 0.468. The summed E-state index contributed by atoms with van der Waals surface area (Å²) in [4.78, 5) is 17.9. The van der Waals surface area contributed by atoms with Gasteiger partial charge in [-0.1, -0.05) is 12.2 Å². The number of likely N-dealkylation sites (tertiary alicyclic amines) is 1. The molecule has 1 saturated heterocycles. The lowest BCUT2D eigenvalue weighted by Gasteiger charge is -2.32. The smallest absolute Gasteiger partial charge is 0.409 e. The number of piperidine rings is 1. The number of hydrogen-bond donors (Lipinski definition) is 2. The predicted molar refractivity (Wildman–Crippen MR) is 97.7 cm³/mol. The molecule has 1 aliphatic heterocycles. The first-order chi connectivity index (χ1) is 12.1. The van der Waals surface area contributed by atoms with Gasteiger partial charge in [0.2, 0.25) is 0 Å². The standard InChI is InChI=1S/C18H28N4O3/c1-14(2)13-20-17(19-9-6-16-5-4-12-25-16)21-15-7-10-22(11-8-15)18(23)24-3/h4-5,12,15H,1,6-11,13H2,2-3H3,(H2,19,20,21). The number of carbonyl (C=O) groups excluding carboxylic acids is 1. The molecule has 0 atom stereocenters. The Morgan fingerprint density at radius 2 is 2.24 bits per heavy atom. The molecule has 2 heterocycles. The molecule has 25 heavy (non-hydrogen) atoms. The van der Waals surface area contributed by atoms with Crippen molar-refractivity contribution >= 4 is 12.1 Å². The molecule has 138 valence electrons. The Labute approximate surface area is 149 Å². The van der Waals surface area contributed by atoms with Crippen LogP contribution in [0.3, 0.4) is 0 Å². The molecule has 0 aromatic carbocycles. The second-order valence-electron chi connectivity index (χ2n) is 6.25. The normalized spacial score (nSPS) is 15.8. The molecule has 1 amide bonds. The number of hydrogen-bond acceptors (Lipinski definition) is 4. The molecule has 2 N–H and O–H groups in total. The van der Waals surface area contributed by atoms with Gasteiger partial charge in [-0.05, 0) is 31.9 Å². The van der Waals surface area contributed by atoms with Gasteiger partial charge in [0.1, 0.15) is 5.76 Å². The molecule has 0 saturated carbocycles. The summed E-state index contributed by atoms with van der Waals surface area (Å²) in [6.45, 7) is 8.54. The van der Waals surface area contributed by atoms with E-state index >= 15 is 0 Å². The van der Waals surface area contributed by atoms with Crippen molar-refractivity contribution < 1.29 is 13.9 Å². The summed E-state index contributed by atoms with van der Waals surface area (Å²) in [7, 11) is 1.41. The molecule has 1 aliphatic rings. The van der Waals surface area contributed by atoms with Gasteiger partial charge in [-0.15, -0.1) is 0 Å². The molecule has 1 fully saturated rings. The highest BCUT2D eigenvalue weighted by Gasteiger charge is 2.23. The SMILES string of the molecule is C=C(C)CN=C(NCCc1ccco1)NC1CCN(C(=O)OC)CC1. The fourth-order valence-electron chi connectivity index (χ4n) is 2.65. The zero-order chi connectivity index (χ0) is 18.1. The van der Waals surface area contributed by atoms with Crippen LogP contribution in [-0.2, 0) is 11.2 Å². The Kier molecular flexibility index (Phi) is 7.37. The summed E-state index contributed by atoms with van der Waals surface area (Å²) in [5.41, 5.74) is 1.01. The van der Waals surface area contributed by atoms with Gasteiger partial charge in [0.05, 0.1) is 19.9 Å². The van der Waals surface area contributed by atoms with Crippen molar-refractivity contribution in [2.45, 2.75) is 32.2 Å². The number of methoxy groups -OCH3 is 1. The molecule has 0 bridgehead atoms. The van der Waals surface area contributed by atoms with Crippen LogP contribution in [0.2, 0.25) is 0 Å². The van der Waals surface area contributed by atoms with Crippen molar-refractivity contribution in [2.75, 3.05) is 33.3 Å². The highest BCUT2D eigenvalue weighted by atomic mass is 16.5. The van der Waals surface area contributed by atoms with Gasteiger partial charge in [-0.2, -0.15) is 0 Å². The van der Waals surface area contributed by atoms with Gasteiger partial charge < -0.3 is 24.7 Å². The van der Waals surface area contributed by atoms with Crippen LogP contribution in [0.4, 0.5) is 4.79 Å². The van der Waals surface area contributed by atoms with Crippen LogP contribution in [0, 0.1) is 0 Å². The first kappa shape index (κ1) is 18.9. The van der Waals surface area contributed by atoms with E-state index in [-0.39, 0.29) is 12.1 Å². The van der Waals surface area contributed by atoms with E-state index in [9.17, 15) is 4.79 Å². The number of aliphatic imine (C=N–C) groups is 1. The Hall–Kier alpha value is -2.44. The molecular formula is C18H28N4O3. The number of nitrogens with zero attached hydrogens (tertiary/aromatic N) is 2. The number of ether oxygens (including phenoxy) is 1. The topological polar surface area (TPSA) is 79.1 Å².